The largest absolute Gasteiger partial charge is 0.350 e. The van der Waals surface area contributed by atoms with Crippen LogP contribution < -0.4 is 9.62 Å². The Balaban J connectivity index is 2.27. The third-order valence-corrected chi connectivity index (χ3v) is 7.64. The van der Waals surface area contributed by atoms with E-state index in [4.69, 9.17) is 34.8 Å². The summed E-state index contributed by atoms with van der Waals surface area (Å²) in [4.78, 5) is 28.1. The Kier molecular flexibility index (Phi) is 11.1. The van der Waals surface area contributed by atoms with E-state index in [0.717, 1.165) is 11.8 Å². The molecule has 0 unspecified atom stereocenters. The highest BCUT2D eigenvalue weighted by Crippen LogP contribution is 2.25. The second-order valence-corrected chi connectivity index (χ2v) is 13.0. The number of rotatable bonds is 11. The van der Waals surface area contributed by atoms with Gasteiger partial charge in [0.05, 0.1) is 22.0 Å². The predicted octanol–water partition coefficient (Wildman–Crippen LogP) is 5.92. The zero-order valence-corrected chi connectivity index (χ0v) is 24.8. The molecule has 0 fully saturated rings. The van der Waals surface area contributed by atoms with Crippen molar-refractivity contribution in [3.8, 4) is 0 Å². The van der Waals surface area contributed by atoms with E-state index in [1.807, 2.05) is 27.7 Å². The first-order chi connectivity index (χ1) is 17.1. The molecule has 0 spiro atoms. The van der Waals surface area contributed by atoms with Crippen LogP contribution in [0.4, 0.5) is 5.69 Å². The predicted molar refractivity (Wildman–Crippen MR) is 152 cm³/mol. The Bertz CT molecular complexity index is 1220. The van der Waals surface area contributed by atoms with Crippen LogP contribution in [-0.2, 0) is 26.2 Å². The van der Waals surface area contributed by atoms with Crippen LogP contribution in [0.25, 0.3) is 0 Å². The molecule has 0 aromatic heterocycles. The van der Waals surface area contributed by atoms with E-state index in [1.165, 1.54) is 9.21 Å². The van der Waals surface area contributed by atoms with Crippen LogP contribution in [0.5, 0.6) is 0 Å². The number of halogens is 3. The second kappa shape index (κ2) is 13.2. The molecule has 1 N–H and O–H groups in total. The molecule has 0 saturated heterocycles. The van der Waals surface area contributed by atoms with Crippen molar-refractivity contribution in [3.05, 3.63) is 63.1 Å². The highest BCUT2D eigenvalue weighted by atomic mass is 35.5. The van der Waals surface area contributed by atoms with E-state index in [9.17, 15) is 18.0 Å². The van der Waals surface area contributed by atoms with Crippen LogP contribution in [0, 0.1) is 0 Å². The minimum absolute atomic E-state index is 0.0349. The monoisotopic (exact) mass is 589 g/mol. The van der Waals surface area contributed by atoms with Crippen molar-refractivity contribution in [3.63, 3.8) is 0 Å². The summed E-state index contributed by atoms with van der Waals surface area (Å²) in [7, 11) is -3.61. The summed E-state index contributed by atoms with van der Waals surface area (Å²) >= 11 is 18.3. The smallest absolute Gasteiger partial charge is 0.243 e. The van der Waals surface area contributed by atoms with Crippen molar-refractivity contribution in [1.82, 2.24) is 10.2 Å². The minimum Gasteiger partial charge on any atom is -0.350 e. The van der Waals surface area contributed by atoms with Gasteiger partial charge in [-0.05, 0) is 69.5 Å². The first kappa shape index (κ1) is 31.2. The molecule has 11 heteroatoms. The van der Waals surface area contributed by atoms with E-state index in [1.54, 1.807) is 42.5 Å². The van der Waals surface area contributed by atoms with Crippen molar-refractivity contribution in [1.29, 1.82) is 0 Å². The van der Waals surface area contributed by atoms with E-state index >= 15 is 0 Å². The van der Waals surface area contributed by atoms with Gasteiger partial charge in [-0.25, -0.2) is 8.42 Å². The molecule has 1 atom stereocenters. The highest BCUT2D eigenvalue weighted by molar-refractivity contribution is 7.92. The molecule has 2 aromatic carbocycles. The summed E-state index contributed by atoms with van der Waals surface area (Å²) < 4.78 is 26.1. The normalized spacial score (nSPS) is 12.6. The number of carbonyl (C=O) groups is 2. The van der Waals surface area contributed by atoms with Crippen molar-refractivity contribution in [2.75, 3.05) is 17.1 Å². The first-order valence-electron chi connectivity index (χ1n) is 11.9. The average molecular weight is 591 g/mol. The van der Waals surface area contributed by atoms with Gasteiger partial charge in [-0.15, -0.1) is 0 Å². The Morgan fingerprint density at radius 1 is 1.03 bits per heavy atom. The zero-order chi connectivity index (χ0) is 28.0. The fraction of sp³-hybridized carbons (Fsp3) is 0.462. The first-order valence-corrected chi connectivity index (χ1v) is 14.9. The third kappa shape index (κ3) is 9.67. The van der Waals surface area contributed by atoms with Crippen LogP contribution in [0.3, 0.4) is 0 Å². The number of carbonyl (C=O) groups excluding carboxylic acids is 2. The summed E-state index contributed by atoms with van der Waals surface area (Å²) in [5.74, 6) is -0.540. The van der Waals surface area contributed by atoms with Gasteiger partial charge in [-0.3, -0.25) is 13.9 Å². The fourth-order valence-electron chi connectivity index (χ4n) is 3.84. The van der Waals surface area contributed by atoms with Crippen LogP contribution in [0.15, 0.2) is 42.5 Å². The van der Waals surface area contributed by atoms with Gasteiger partial charge in [-0.1, -0.05) is 53.9 Å². The van der Waals surface area contributed by atoms with Gasteiger partial charge in [0.1, 0.15) is 6.04 Å². The van der Waals surface area contributed by atoms with Crippen molar-refractivity contribution in [2.24, 2.45) is 0 Å². The van der Waals surface area contributed by atoms with Gasteiger partial charge in [0.2, 0.25) is 21.8 Å². The molecule has 0 saturated carbocycles. The van der Waals surface area contributed by atoms with Crippen molar-refractivity contribution >= 4 is 62.3 Å². The van der Waals surface area contributed by atoms with Crippen LogP contribution in [0.2, 0.25) is 15.1 Å². The topological polar surface area (TPSA) is 86.8 Å². The van der Waals surface area contributed by atoms with E-state index in [-0.39, 0.29) is 37.7 Å². The highest BCUT2D eigenvalue weighted by Gasteiger charge is 2.31. The lowest BCUT2D eigenvalue weighted by Crippen LogP contribution is -2.53. The Morgan fingerprint density at radius 2 is 1.70 bits per heavy atom. The lowest BCUT2D eigenvalue weighted by Gasteiger charge is -2.33. The third-order valence-electron chi connectivity index (χ3n) is 5.47. The van der Waals surface area contributed by atoms with Gasteiger partial charge in [0.15, 0.2) is 0 Å². The molecule has 2 aromatic rings. The number of sulfonamides is 1. The van der Waals surface area contributed by atoms with E-state index in [2.05, 4.69) is 5.32 Å². The van der Waals surface area contributed by atoms with Gasteiger partial charge in [0, 0.05) is 30.1 Å². The maximum atomic E-state index is 13.5. The van der Waals surface area contributed by atoms with Gasteiger partial charge >= 0.3 is 0 Å². The molecule has 0 aliphatic rings. The number of hydrogen-bond acceptors (Lipinski definition) is 4. The number of amides is 2. The molecule has 37 heavy (non-hydrogen) atoms. The molecule has 0 aliphatic carbocycles. The maximum Gasteiger partial charge on any atom is 0.243 e. The summed E-state index contributed by atoms with van der Waals surface area (Å²) in [6, 6.07) is 10.9. The zero-order valence-electron chi connectivity index (χ0n) is 21.7. The lowest BCUT2D eigenvalue weighted by molar-refractivity contribution is -0.142. The van der Waals surface area contributed by atoms with E-state index < -0.39 is 21.6 Å². The summed E-state index contributed by atoms with van der Waals surface area (Å²) in [6.45, 7) is 7.69. The molecule has 0 radical (unpaired) electrons. The molecular formula is C26H34Cl3N3O4S. The van der Waals surface area contributed by atoms with Gasteiger partial charge in [0.25, 0.3) is 0 Å². The van der Waals surface area contributed by atoms with Crippen molar-refractivity contribution < 1.29 is 18.0 Å². The molecule has 0 aliphatic heterocycles. The van der Waals surface area contributed by atoms with Crippen molar-refractivity contribution in [2.45, 2.75) is 65.1 Å². The Labute approximate surface area is 235 Å². The quantitative estimate of drug-likeness (QED) is 0.352. The number of nitrogens with one attached hydrogen (secondary N) is 1. The number of hydrogen-bond donors (Lipinski definition) is 1. The maximum absolute atomic E-state index is 13.5. The lowest BCUT2D eigenvalue weighted by atomic mass is 10.0. The Morgan fingerprint density at radius 3 is 2.24 bits per heavy atom. The van der Waals surface area contributed by atoms with E-state index in [0.29, 0.717) is 27.2 Å². The van der Waals surface area contributed by atoms with Crippen LogP contribution in [-0.4, -0.2) is 49.5 Å². The molecule has 2 rings (SSSR count). The molecule has 2 amide bonds. The van der Waals surface area contributed by atoms with Gasteiger partial charge < -0.3 is 10.2 Å². The second-order valence-electron chi connectivity index (χ2n) is 9.85. The minimum atomic E-state index is -3.61. The molecular weight excluding hydrogens is 557 g/mol. The molecule has 7 nitrogen and oxygen atoms in total. The molecule has 0 heterocycles. The number of anilines is 1. The van der Waals surface area contributed by atoms with Crippen LogP contribution in [0.1, 0.15) is 52.5 Å². The summed E-state index contributed by atoms with van der Waals surface area (Å²) in [5, 5.41) is 4.10. The van der Waals surface area contributed by atoms with Crippen LogP contribution >= 0.6 is 34.8 Å². The standard InChI is InChI=1S/C26H34Cl3N3O4S/c1-6-23(25(34)30-26(2,3)4)31(17-18-12-13-21(28)22(29)15-18)24(33)11-8-14-32(37(5,35)36)20-10-7-9-19(27)16-20/h7,9-10,12-13,15-16,23H,6,8,11,14,17H2,1-5H3,(H,30,34)/t23-/m1/s1. The SMILES string of the molecule is CC[C@H](C(=O)NC(C)(C)C)N(Cc1ccc(Cl)c(Cl)c1)C(=O)CCCN(c1cccc(Cl)c1)S(C)(=O)=O. The molecule has 0 bridgehead atoms. The fourth-order valence-corrected chi connectivity index (χ4v) is 5.30. The summed E-state index contributed by atoms with van der Waals surface area (Å²) in [6.07, 6.45) is 1.78. The Hall–Kier alpha value is -2.00. The number of benzene rings is 2. The average Bonchev–Trinajstić information content (AvgIpc) is 2.76. The summed E-state index contributed by atoms with van der Waals surface area (Å²) in [5.41, 5.74) is 0.669. The molecule has 204 valence electrons. The van der Waals surface area contributed by atoms with Gasteiger partial charge in [-0.2, -0.15) is 0 Å². The number of nitrogens with zero attached hydrogens (tertiary/aromatic N) is 2.